The van der Waals surface area contributed by atoms with E-state index < -0.39 is 0 Å². The van der Waals surface area contributed by atoms with E-state index in [1.54, 1.807) is 0 Å². The van der Waals surface area contributed by atoms with Crippen molar-refractivity contribution < 1.29 is 5.21 Å². The third-order valence-electron chi connectivity index (χ3n) is 3.10. The molecule has 0 atom stereocenters. The van der Waals surface area contributed by atoms with Gasteiger partial charge in [0.25, 0.3) is 0 Å². The average molecular weight is 413 g/mol. The molecule has 0 aliphatic rings. The minimum Gasteiger partial charge on any atom is -0.409 e. The molecule has 0 aliphatic heterocycles. The maximum Gasteiger partial charge on any atom is 0.173 e. The van der Waals surface area contributed by atoms with Gasteiger partial charge in [0.15, 0.2) is 5.84 Å². The number of oxime groups is 1. The van der Waals surface area contributed by atoms with Crippen LogP contribution in [0.15, 0.2) is 56.6 Å². The molecule has 0 amide bonds. The van der Waals surface area contributed by atoms with E-state index in [1.807, 2.05) is 37.4 Å². The van der Waals surface area contributed by atoms with Gasteiger partial charge < -0.3 is 15.8 Å². The Hall–Kier alpha value is -1.53. The molecule has 3 N–H and O–H groups in total. The maximum absolute atomic E-state index is 8.96. The minimum absolute atomic E-state index is 0.0835. The molecule has 0 aliphatic carbocycles. The van der Waals surface area contributed by atoms with Crippen molar-refractivity contribution in [3.8, 4) is 0 Å². The highest BCUT2D eigenvalue weighted by Gasteiger charge is 2.14. The zero-order chi connectivity index (χ0) is 15.4. The van der Waals surface area contributed by atoms with Gasteiger partial charge in [0.1, 0.15) is 0 Å². The second-order valence-electron chi connectivity index (χ2n) is 4.60. The van der Waals surface area contributed by atoms with E-state index in [-0.39, 0.29) is 5.84 Å². The zero-order valence-electron chi connectivity index (χ0n) is 11.4. The van der Waals surface area contributed by atoms with Crippen LogP contribution in [0.2, 0.25) is 0 Å². The molecule has 0 saturated carbocycles. The Balaban J connectivity index is 2.33. The molecule has 2 aromatic carbocycles. The predicted molar refractivity (Wildman–Crippen MR) is 92.9 cm³/mol. The Morgan fingerprint density at radius 2 is 1.86 bits per heavy atom. The van der Waals surface area contributed by atoms with Crippen molar-refractivity contribution in [3.63, 3.8) is 0 Å². The fourth-order valence-electron chi connectivity index (χ4n) is 2.08. The summed E-state index contributed by atoms with van der Waals surface area (Å²) in [5, 5.41) is 12.1. The summed E-state index contributed by atoms with van der Waals surface area (Å²) in [5.41, 5.74) is 8.53. The summed E-state index contributed by atoms with van der Waals surface area (Å²) >= 11 is 6.87. The van der Waals surface area contributed by atoms with Crippen molar-refractivity contribution in [2.75, 3.05) is 11.9 Å². The number of anilines is 1. The van der Waals surface area contributed by atoms with Crippen molar-refractivity contribution in [1.29, 1.82) is 0 Å². The Morgan fingerprint density at radius 3 is 2.48 bits per heavy atom. The van der Waals surface area contributed by atoms with Gasteiger partial charge in [-0.15, -0.1) is 0 Å². The number of hydrogen-bond donors (Lipinski definition) is 2. The molecular formula is C15H15Br2N3O. The Morgan fingerprint density at radius 1 is 1.19 bits per heavy atom. The highest BCUT2D eigenvalue weighted by molar-refractivity contribution is 9.10. The lowest BCUT2D eigenvalue weighted by atomic mass is 10.1. The summed E-state index contributed by atoms with van der Waals surface area (Å²) in [7, 11) is 1.97. The van der Waals surface area contributed by atoms with Crippen LogP contribution in [-0.2, 0) is 6.54 Å². The summed E-state index contributed by atoms with van der Waals surface area (Å²) in [4.78, 5) is 2.06. The molecule has 6 heteroatoms. The van der Waals surface area contributed by atoms with Crippen LogP contribution in [0.1, 0.15) is 11.1 Å². The topological polar surface area (TPSA) is 61.8 Å². The van der Waals surface area contributed by atoms with Crippen molar-refractivity contribution in [1.82, 2.24) is 0 Å². The van der Waals surface area contributed by atoms with Gasteiger partial charge in [-0.25, -0.2) is 0 Å². The van der Waals surface area contributed by atoms with Crippen LogP contribution < -0.4 is 10.6 Å². The quantitative estimate of drug-likeness (QED) is 0.346. The summed E-state index contributed by atoms with van der Waals surface area (Å²) in [6.45, 7) is 0.718. The maximum atomic E-state index is 8.96. The van der Waals surface area contributed by atoms with E-state index in [1.165, 1.54) is 5.56 Å². The lowest BCUT2D eigenvalue weighted by Gasteiger charge is -2.23. The normalized spacial score (nSPS) is 11.5. The van der Waals surface area contributed by atoms with E-state index in [9.17, 15) is 0 Å². The highest BCUT2D eigenvalue weighted by atomic mass is 79.9. The van der Waals surface area contributed by atoms with E-state index >= 15 is 0 Å². The van der Waals surface area contributed by atoms with E-state index in [0.717, 1.165) is 21.2 Å². The third-order valence-corrected chi connectivity index (χ3v) is 4.29. The molecule has 0 fully saturated rings. The number of rotatable bonds is 4. The van der Waals surface area contributed by atoms with Gasteiger partial charge >= 0.3 is 0 Å². The molecule has 0 radical (unpaired) electrons. The number of hydrogen-bond acceptors (Lipinski definition) is 3. The number of nitrogens with zero attached hydrogens (tertiary/aromatic N) is 2. The Kier molecular flexibility index (Phi) is 5.25. The zero-order valence-corrected chi connectivity index (χ0v) is 14.6. The number of benzene rings is 2. The van der Waals surface area contributed by atoms with Gasteiger partial charge in [-0.05, 0) is 45.8 Å². The van der Waals surface area contributed by atoms with Crippen molar-refractivity contribution in [2.24, 2.45) is 10.9 Å². The van der Waals surface area contributed by atoms with Crippen LogP contribution in [0.25, 0.3) is 0 Å². The molecule has 2 rings (SSSR count). The first-order valence-corrected chi connectivity index (χ1v) is 7.83. The number of amidine groups is 1. The summed E-state index contributed by atoms with van der Waals surface area (Å²) < 4.78 is 1.84. The molecule has 2 aromatic rings. The second kappa shape index (κ2) is 6.95. The van der Waals surface area contributed by atoms with Gasteiger partial charge in [-0.2, -0.15) is 0 Å². The largest absolute Gasteiger partial charge is 0.409 e. The average Bonchev–Trinajstić information content (AvgIpc) is 2.48. The first-order valence-electron chi connectivity index (χ1n) is 6.25. The van der Waals surface area contributed by atoms with E-state index in [4.69, 9.17) is 10.9 Å². The molecular weight excluding hydrogens is 398 g/mol. The molecule has 0 bridgehead atoms. The summed E-state index contributed by atoms with van der Waals surface area (Å²) in [6, 6.07) is 13.9. The van der Waals surface area contributed by atoms with Crippen LogP contribution >= 0.6 is 31.9 Å². The molecule has 0 unspecified atom stereocenters. The molecule has 4 nitrogen and oxygen atoms in total. The molecule has 0 aromatic heterocycles. The lowest BCUT2D eigenvalue weighted by molar-refractivity contribution is 0.318. The number of nitrogens with two attached hydrogens (primary N) is 1. The van der Waals surface area contributed by atoms with E-state index in [2.05, 4.69) is 54.0 Å². The van der Waals surface area contributed by atoms with Gasteiger partial charge in [0.2, 0.25) is 0 Å². The predicted octanol–water partition coefficient (Wildman–Crippen LogP) is 3.94. The first kappa shape index (κ1) is 15.9. The molecule has 110 valence electrons. The van der Waals surface area contributed by atoms with Gasteiger partial charge in [0, 0.05) is 28.2 Å². The van der Waals surface area contributed by atoms with Gasteiger partial charge in [-0.3, -0.25) is 0 Å². The smallest absolute Gasteiger partial charge is 0.173 e. The van der Waals surface area contributed by atoms with Crippen LogP contribution in [0.3, 0.4) is 0 Å². The third kappa shape index (κ3) is 3.77. The van der Waals surface area contributed by atoms with Crippen LogP contribution in [0.5, 0.6) is 0 Å². The summed E-state index contributed by atoms with van der Waals surface area (Å²) in [5.74, 6) is 0.0835. The molecule has 21 heavy (non-hydrogen) atoms. The number of halogens is 2. The second-order valence-corrected chi connectivity index (χ2v) is 6.37. The SMILES string of the molecule is CN(Cc1ccc(Br)cc1)c1cccc(Br)c1/C(N)=N/O. The monoisotopic (exact) mass is 411 g/mol. The van der Waals surface area contributed by atoms with E-state index in [0.29, 0.717) is 5.56 Å². The Bertz CT molecular complexity index is 656. The summed E-state index contributed by atoms with van der Waals surface area (Å²) in [6.07, 6.45) is 0. The van der Waals surface area contributed by atoms with Crippen LogP contribution in [-0.4, -0.2) is 18.1 Å². The highest BCUT2D eigenvalue weighted by Crippen LogP contribution is 2.28. The van der Waals surface area contributed by atoms with Crippen LogP contribution in [0.4, 0.5) is 5.69 Å². The first-order chi connectivity index (χ1) is 10.0. The van der Waals surface area contributed by atoms with Crippen molar-refractivity contribution >= 4 is 43.4 Å². The standard InChI is InChI=1S/C15H15Br2N3O/c1-20(9-10-5-7-11(16)8-6-10)13-4-2-3-12(17)14(13)15(18)19-21/h2-8,21H,9H2,1H3,(H2,18,19). The van der Waals surface area contributed by atoms with Crippen molar-refractivity contribution in [3.05, 3.63) is 62.5 Å². The van der Waals surface area contributed by atoms with Gasteiger partial charge in [-0.1, -0.05) is 39.3 Å². The fraction of sp³-hybridized carbons (Fsp3) is 0.133. The molecule has 0 spiro atoms. The minimum atomic E-state index is 0.0835. The molecule has 0 heterocycles. The van der Waals surface area contributed by atoms with Crippen LogP contribution in [0, 0.1) is 0 Å². The molecule has 0 saturated heterocycles. The fourth-order valence-corrected chi connectivity index (χ4v) is 2.91. The Labute approximate surface area is 140 Å². The lowest BCUT2D eigenvalue weighted by Crippen LogP contribution is -2.23. The van der Waals surface area contributed by atoms with Crippen molar-refractivity contribution in [2.45, 2.75) is 6.54 Å². The van der Waals surface area contributed by atoms with Gasteiger partial charge in [0.05, 0.1) is 5.56 Å².